The number of pyridine rings is 1. The molecule has 0 bridgehead atoms. The van der Waals surface area contributed by atoms with E-state index in [2.05, 4.69) is 25.6 Å². The van der Waals surface area contributed by atoms with E-state index in [4.69, 9.17) is 4.74 Å². The summed E-state index contributed by atoms with van der Waals surface area (Å²) in [6.07, 6.45) is 5.33. The van der Waals surface area contributed by atoms with Gasteiger partial charge < -0.3 is 15.4 Å². The van der Waals surface area contributed by atoms with Gasteiger partial charge in [-0.1, -0.05) is 0 Å². The number of carbonyl (C=O) groups is 1. The Balaban J connectivity index is 1.52. The number of aromatic nitrogens is 3. The van der Waals surface area contributed by atoms with Crippen molar-refractivity contribution in [2.45, 2.75) is 4.90 Å². The number of thioether (sulfide) groups is 1. The van der Waals surface area contributed by atoms with Gasteiger partial charge in [-0.2, -0.15) is 0 Å². The molecule has 4 rings (SSSR count). The van der Waals surface area contributed by atoms with Crippen molar-refractivity contribution in [3.8, 4) is 11.5 Å². The molecule has 2 aromatic heterocycles. The van der Waals surface area contributed by atoms with Crippen LogP contribution in [0.25, 0.3) is 10.9 Å². The molecule has 0 aliphatic heterocycles. The van der Waals surface area contributed by atoms with Crippen molar-refractivity contribution in [1.82, 2.24) is 20.3 Å². The molecule has 30 heavy (non-hydrogen) atoms. The van der Waals surface area contributed by atoms with Crippen LogP contribution < -0.4 is 15.4 Å². The van der Waals surface area contributed by atoms with Gasteiger partial charge in [0.05, 0.1) is 5.52 Å². The molecular weight excluding hydrogens is 398 g/mol. The monoisotopic (exact) mass is 417 g/mol. The molecule has 4 aromatic rings. The van der Waals surface area contributed by atoms with Crippen molar-refractivity contribution in [3.05, 3.63) is 72.7 Å². The Morgan fingerprint density at radius 3 is 2.57 bits per heavy atom. The van der Waals surface area contributed by atoms with Crippen LogP contribution >= 0.6 is 11.8 Å². The van der Waals surface area contributed by atoms with Crippen molar-refractivity contribution < 1.29 is 9.53 Å². The van der Waals surface area contributed by atoms with Crippen LogP contribution in [-0.4, -0.2) is 34.2 Å². The minimum atomic E-state index is -0.268. The largest absolute Gasteiger partial charge is 0.457 e. The fourth-order valence-corrected chi connectivity index (χ4v) is 3.21. The zero-order valence-electron chi connectivity index (χ0n) is 16.4. The van der Waals surface area contributed by atoms with Crippen molar-refractivity contribution in [2.75, 3.05) is 18.6 Å². The van der Waals surface area contributed by atoms with E-state index in [0.717, 1.165) is 16.6 Å². The van der Waals surface area contributed by atoms with Crippen LogP contribution in [0.5, 0.6) is 11.5 Å². The standard InChI is InChI=1S/C22H19N5O2S/c1-23-21(28)20-12-17(9-10-24-20)29-16-5-8-19-14(11-16)13-25-22(27-19)26-15-3-6-18(30-2)7-4-15/h3-13H,1-2H3,(H,23,28)(H,25,26,27). The highest BCUT2D eigenvalue weighted by atomic mass is 32.2. The lowest BCUT2D eigenvalue weighted by molar-refractivity contribution is 0.0958. The van der Waals surface area contributed by atoms with E-state index >= 15 is 0 Å². The molecule has 0 radical (unpaired) electrons. The van der Waals surface area contributed by atoms with Crippen LogP contribution in [0.15, 0.2) is 71.9 Å². The Hall–Kier alpha value is -3.65. The molecule has 0 saturated heterocycles. The van der Waals surface area contributed by atoms with Gasteiger partial charge >= 0.3 is 0 Å². The van der Waals surface area contributed by atoms with E-state index in [-0.39, 0.29) is 5.91 Å². The lowest BCUT2D eigenvalue weighted by Crippen LogP contribution is -2.18. The number of ether oxygens (including phenoxy) is 1. The number of rotatable bonds is 6. The summed E-state index contributed by atoms with van der Waals surface area (Å²) in [5, 5.41) is 6.60. The molecule has 0 aliphatic rings. The summed E-state index contributed by atoms with van der Waals surface area (Å²) in [5.41, 5.74) is 2.01. The third-order valence-corrected chi connectivity index (χ3v) is 5.07. The second-order valence-corrected chi connectivity index (χ2v) is 7.21. The predicted octanol–water partition coefficient (Wildman–Crippen LogP) is 4.64. The van der Waals surface area contributed by atoms with Gasteiger partial charge in [-0.05, 0) is 54.8 Å². The summed E-state index contributed by atoms with van der Waals surface area (Å²) in [6.45, 7) is 0. The maximum Gasteiger partial charge on any atom is 0.269 e. The molecule has 2 heterocycles. The van der Waals surface area contributed by atoms with Crippen LogP contribution in [0.3, 0.4) is 0 Å². The average Bonchev–Trinajstić information content (AvgIpc) is 2.79. The number of carbonyl (C=O) groups excluding carboxylic acids is 1. The number of nitrogens with one attached hydrogen (secondary N) is 2. The number of hydrogen-bond donors (Lipinski definition) is 2. The SMILES string of the molecule is CNC(=O)c1cc(Oc2ccc3nc(Nc4ccc(SC)cc4)ncc3c2)ccn1. The number of amides is 1. The van der Waals surface area contributed by atoms with Crippen molar-refractivity contribution in [3.63, 3.8) is 0 Å². The van der Waals surface area contributed by atoms with Crippen molar-refractivity contribution in [2.24, 2.45) is 0 Å². The second-order valence-electron chi connectivity index (χ2n) is 6.33. The highest BCUT2D eigenvalue weighted by molar-refractivity contribution is 7.98. The quantitative estimate of drug-likeness (QED) is 0.442. The van der Waals surface area contributed by atoms with E-state index in [1.54, 1.807) is 37.1 Å². The Kier molecular flexibility index (Phi) is 5.76. The lowest BCUT2D eigenvalue weighted by atomic mass is 10.2. The maximum atomic E-state index is 11.7. The fraction of sp³-hybridized carbons (Fsp3) is 0.0909. The van der Waals surface area contributed by atoms with Crippen LogP contribution in [0.4, 0.5) is 11.6 Å². The Bertz CT molecular complexity index is 1200. The van der Waals surface area contributed by atoms with Gasteiger partial charge in [0.15, 0.2) is 0 Å². The second kappa shape index (κ2) is 8.79. The normalized spacial score (nSPS) is 10.6. The molecule has 0 fully saturated rings. The first-order valence-electron chi connectivity index (χ1n) is 9.18. The molecule has 7 nitrogen and oxygen atoms in total. The van der Waals surface area contributed by atoms with E-state index in [0.29, 0.717) is 23.1 Å². The lowest BCUT2D eigenvalue weighted by Gasteiger charge is -2.09. The molecule has 0 atom stereocenters. The minimum absolute atomic E-state index is 0.268. The van der Waals surface area contributed by atoms with Crippen molar-refractivity contribution >= 4 is 40.2 Å². The van der Waals surface area contributed by atoms with Crippen LogP contribution in [0.1, 0.15) is 10.5 Å². The first kappa shape index (κ1) is 19.7. The molecule has 8 heteroatoms. The van der Waals surface area contributed by atoms with E-state index in [1.165, 1.54) is 11.1 Å². The van der Waals surface area contributed by atoms with Crippen LogP contribution in [-0.2, 0) is 0 Å². The highest BCUT2D eigenvalue weighted by Crippen LogP contribution is 2.26. The molecule has 150 valence electrons. The summed E-state index contributed by atoms with van der Waals surface area (Å²) in [5.74, 6) is 1.40. The van der Waals surface area contributed by atoms with Gasteiger partial charge in [0.1, 0.15) is 17.2 Å². The van der Waals surface area contributed by atoms with Gasteiger partial charge in [0.2, 0.25) is 5.95 Å². The van der Waals surface area contributed by atoms with Crippen molar-refractivity contribution in [1.29, 1.82) is 0 Å². The highest BCUT2D eigenvalue weighted by Gasteiger charge is 2.08. The van der Waals surface area contributed by atoms with Crippen LogP contribution in [0.2, 0.25) is 0 Å². The molecule has 0 unspecified atom stereocenters. The van der Waals surface area contributed by atoms with E-state index in [9.17, 15) is 4.79 Å². The zero-order valence-corrected chi connectivity index (χ0v) is 17.2. The molecule has 0 saturated carbocycles. The number of nitrogens with zero attached hydrogens (tertiary/aromatic N) is 3. The van der Waals surface area contributed by atoms with Gasteiger partial charge in [-0.15, -0.1) is 11.8 Å². The number of fused-ring (bicyclic) bond motifs is 1. The first-order valence-corrected chi connectivity index (χ1v) is 10.4. The topological polar surface area (TPSA) is 89.0 Å². The van der Waals surface area contributed by atoms with Crippen LogP contribution in [0, 0.1) is 0 Å². The molecule has 1 amide bonds. The summed E-state index contributed by atoms with van der Waals surface area (Å²) in [7, 11) is 1.56. The molecule has 0 spiro atoms. The first-order chi connectivity index (χ1) is 14.6. The van der Waals surface area contributed by atoms with E-state index < -0.39 is 0 Å². The number of benzene rings is 2. The number of hydrogen-bond acceptors (Lipinski definition) is 7. The zero-order chi connectivity index (χ0) is 20.9. The summed E-state index contributed by atoms with van der Waals surface area (Å²) in [4.78, 5) is 25.9. The fourth-order valence-electron chi connectivity index (χ4n) is 2.80. The predicted molar refractivity (Wildman–Crippen MR) is 119 cm³/mol. The van der Waals surface area contributed by atoms with Gasteiger partial charge in [0, 0.05) is 41.5 Å². The molecule has 2 aromatic carbocycles. The third kappa shape index (κ3) is 4.49. The molecule has 0 aliphatic carbocycles. The summed E-state index contributed by atoms with van der Waals surface area (Å²) >= 11 is 1.70. The van der Waals surface area contributed by atoms with Gasteiger partial charge in [-0.25, -0.2) is 9.97 Å². The maximum absolute atomic E-state index is 11.7. The number of anilines is 2. The Morgan fingerprint density at radius 2 is 1.80 bits per heavy atom. The Morgan fingerprint density at radius 1 is 1.00 bits per heavy atom. The average molecular weight is 417 g/mol. The summed E-state index contributed by atoms with van der Waals surface area (Å²) < 4.78 is 5.88. The molecular formula is C22H19N5O2S. The molecule has 2 N–H and O–H groups in total. The third-order valence-electron chi connectivity index (χ3n) is 4.32. The minimum Gasteiger partial charge on any atom is -0.457 e. The summed E-state index contributed by atoms with van der Waals surface area (Å²) in [6, 6.07) is 16.9. The van der Waals surface area contributed by atoms with Gasteiger partial charge in [-0.3, -0.25) is 9.78 Å². The van der Waals surface area contributed by atoms with Gasteiger partial charge in [0.25, 0.3) is 5.91 Å². The Labute approximate surface area is 177 Å². The smallest absolute Gasteiger partial charge is 0.269 e. The van der Waals surface area contributed by atoms with E-state index in [1.807, 2.05) is 48.7 Å².